The lowest BCUT2D eigenvalue weighted by Gasteiger charge is -2.45. The molecule has 59 heavy (non-hydrogen) atoms. The molecule has 23 heteroatoms. The number of rotatable bonds is 9. The van der Waals surface area contributed by atoms with Crippen LogP contribution in [0.3, 0.4) is 0 Å². The Hall–Kier alpha value is -1.37. The number of hydrogen-bond donors (Lipinski definition) is 12. The van der Waals surface area contributed by atoms with Gasteiger partial charge in [0.15, 0.2) is 18.7 Å². The highest BCUT2D eigenvalue weighted by Gasteiger charge is 2.52. The van der Waals surface area contributed by atoms with Gasteiger partial charge in [0, 0.05) is 21.3 Å². The van der Waals surface area contributed by atoms with E-state index in [0.717, 1.165) is 0 Å². The van der Waals surface area contributed by atoms with Crippen molar-refractivity contribution in [2.45, 2.75) is 195 Å². The summed E-state index contributed by atoms with van der Waals surface area (Å²) in [7, 11) is 4.05. The van der Waals surface area contributed by atoms with Crippen molar-refractivity contribution < 1.29 is 113 Å². The van der Waals surface area contributed by atoms with Crippen molar-refractivity contribution in [2.75, 3.05) is 27.9 Å². The minimum absolute atomic E-state index is 0.280. The Morgan fingerprint density at radius 3 is 1.36 bits per heavy atom. The van der Waals surface area contributed by atoms with Gasteiger partial charge in [-0.15, -0.1) is 0 Å². The van der Waals surface area contributed by atoms with Crippen LogP contribution in [-0.4, -0.2) is 248 Å². The van der Waals surface area contributed by atoms with Gasteiger partial charge >= 0.3 is 5.97 Å². The van der Waals surface area contributed by atoms with Gasteiger partial charge in [0.25, 0.3) is 0 Å². The topological polar surface area (TPSA) is 352 Å². The molecule has 0 aromatic carbocycles. The molecule has 25 atom stereocenters. The van der Waals surface area contributed by atoms with Crippen LogP contribution >= 0.6 is 0 Å². The number of carbonyl (C=O) groups is 1. The largest absolute Gasteiger partial charge is 0.479 e. The minimum atomic E-state index is -1.61. The minimum Gasteiger partial charge on any atom is -0.479 e. The molecule has 0 aliphatic carbocycles. The van der Waals surface area contributed by atoms with Crippen molar-refractivity contribution in [3.05, 3.63) is 0 Å². The second-order valence-corrected chi connectivity index (χ2v) is 15.3. The molecule has 5 heterocycles. The van der Waals surface area contributed by atoms with E-state index >= 15 is 0 Å². The monoisotopic (exact) mass is 866 g/mol. The van der Waals surface area contributed by atoms with Gasteiger partial charge in [-0.2, -0.15) is 0 Å². The maximum atomic E-state index is 11.4. The lowest BCUT2D eigenvalue weighted by Crippen LogP contribution is -2.64. The molecule has 5 aliphatic heterocycles. The fraction of sp³-hybridized carbons (Fsp3) is 0.972. The fourth-order valence-electron chi connectivity index (χ4n) is 7.43. The predicted molar refractivity (Wildman–Crippen MR) is 194 cm³/mol. The van der Waals surface area contributed by atoms with Gasteiger partial charge in [-0.05, 0) is 41.5 Å². The molecule has 5 fully saturated rings. The third-order valence-corrected chi connectivity index (χ3v) is 11.2. The Morgan fingerprint density at radius 1 is 0.424 bits per heavy atom. The lowest BCUT2D eigenvalue weighted by atomic mass is 9.94. The predicted octanol–water partition coefficient (Wildman–Crippen LogP) is -5.67. The standard InChI is InChI=1S/C14H24O10.C14H26O8.C8H16O5/c1-4-6(15)8(17)9(18)14(23-4)24-11-10(21-3)7(16)5(2)22-12(11)13(19)20;1-5-8(15)10(17)12(7(3)20-5)22-14-13(19-4)11(18)9(16)6(2)21-14;1-4-6(10)8(12-2)7(11)5(3-9)13-4/h4-12,14-18H,1-3H3,(H,19,20);5-18H,1-4H3;4-11H,3H2,1-2H3/t4?,5-,6?,7?,8?,9?,10?,11?,12?,14?;5?,6?,7-,8?,9?,10?,11?,12?,13?,14?;4-,5?,6?,7?,8?/m101/s1. The summed E-state index contributed by atoms with van der Waals surface area (Å²) in [5.41, 5.74) is 0. The highest BCUT2D eigenvalue weighted by atomic mass is 16.7. The number of hydrogen-bond acceptors (Lipinski definition) is 22. The molecule has 0 spiro atoms. The first-order chi connectivity index (χ1) is 27.6. The van der Waals surface area contributed by atoms with Crippen LogP contribution in [0.4, 0.5) is 0 Å². The molecule has 0 amide bonds. The molecule has 0 aromatic rings. The third kappa shape index (κ3) is 12.0. The van der Waals surface area contributed by atoms with E-state index in [1.54, 1.807) is 27.7 Å². The molecule has 5 saturated heterocycles. The van der Waals surface area contributed by atoms with Crippen LogP contribution in [0, 0.1) is 0 Å². The van der Waals surface area contributed by atoms with E-state index in [1.165, 1.54) is 35.2 Å². The normalized spacial score (nSPS) is 50.4. The molecule has 23 nitrogen and oxygen atoms in total. The van der Waals surface area contributed by atoms with E-state index in [9.17, 15) is 61.0 Å². The number of carboxylic acids is 1. The van der Waals surface area contributed by atoms with Crippen LogP contribution in [0.25, 0.3) is 0 Å². The summed E-state index contributed by atoms with van der Waals surface area (Å²) in [4.78, 5) is 11.4. The Labute approximate surface area is 341 Å². The number of aliphatic carboxylic acids is 1. The second-order valence-electron chi connectivity index (χ2n) is 15.3. The van der Waals surface area contributed by atoms with Gasteiger partial charge in [0.05, 0.1) is 43.2 Å². The lowest BCUT2D eigenvalue weighted by molar-refractivity contribution is -0.336. The van der Waals surface area contributed by atoms with Crippen molar-refractivity contribution in [1.29, 1.82) is 0 Å². The molecular formula is C36H66O23. The Bertz CT molecular complexity index is 1250. The zero-order valence-corrected chi connectivity index (χ0v) is 34.5. The van der Waals surface area contributed by atoms with Crippen molar-refractivity contribution in [3.63, 3.8) is 0 Å². The summed E-state index contributed by atoms with van der Waals surface area (Å²) >= 11 is 0. The van der Waals surface area contributed by atoms with Crippen LogP contribution in [0.5, 0.6) is 0 Å². The average molecular weight is 867 g/mol. The van der Waals surface area contributed by atoms with Crippen LogP contribution in [-0.2, 0) is 52.2 Å². The van der Waals surface area contributed by atoms with Gasteiger partial charge in [-0.1, -0.05) is 0 Å². The Morgan fingerprint density at radius 2 is 0.847 bits per heavy atom. The van der Waals surface area contributed by atoms with E-state index in [4.69, 9.17) is 52.5 Å². The third-order valence-electron chi connectivity index (χ3n) is 11.2. The first-order valence-corrected chi connectivity index (χ1v) is 19.4. The summed E-state index contributed by atoms with van der Waals surface area (Å²) in [5, 5.41) is 117. The first kappa shape index (κ1) is 52.0. The van der Waals surface area contributed by atoms with Gasteiger partial charge in [-0.3, -0.25) is 0 Å². The molecule has 5 aliphatic rings. The molecule has 0 aromatic heterocycles. The SMILES string of the molecule is COC1C(O)C(CO)O[C@H](C)C1O.COC1C(OC2C(O)C(O)C(C)O[C@H]2C)OC(C)C(O)C1O.COC1C(OC2OC(C)C(O)C(O)C2O)C(C(=O)O)O[C@H](C)C1O. The van der Waals surface area contributed by atoms with Gasteiger partial charge in [-0.25, -0.2) is 4.79 Å². The van der Waals surface area contributed by atoms with E-state index < -0.39 is 159 Å². The molecule has 0 bridgehead atoms. The van der Waals surface area contributed by atoms with E-state index in [-0.39, 0.29) is 6.61 Å². The number of methoxy groups -OCH3 is 3. The van der Waals surface area contributed by atoms with Crippen LogP contribution in [0.2, 0.25) is 0 Å². The summed E-state index contributed by atoms with van der Waals surface area (Å²) in [6, 6.07) is 0. The average Bonchev–Trinajstić information content (AvgIpc) is 3.19. The molecule has 0 saturated carbocycles. The zero-order valence-electron chi connectivity index (χ0n) is 34.5. The van der Waals surface area contributed by atoms with Gasteiger partial charge < -0.3 is 109 Å². The fourth-order valence-corrected chi connectivity index (χ4v) is 7.43. The van der Waals surface area contributed by atoms with Gasteiger partial charge in [0.2, 0.25) is 0 Å². The van der Waals surface area contributed by atoms with Crippen LogP contribution in [0.15, 0.2) is 0 Å². The summed E-state index contributed by atoms with van der Waals surface area (Å²) in [6.45, 7) is 9.34. The zero-order chi connectivity index (χ0) is 44.8. The molecule has 348 valence electrons. The maximum absolute atomic E-state index is 11.4. The molecule has 12 N–H and O–H groups in total. The highest BCUT2D eigenvalue weighted by molar-refractivity contribution is 5.73. The van der Waals surface area contributed by atoms with E-state index in [1.807, 2.05) is 0 Å². The quantitative estimate of drug-likeness (QED) is 0.103. The summed E-state index contributed by atoms with van der Waals surface area (Å²) in [5.74, 6) is -1.33. The highest BCUT2D eigenvalue weighted by Crippen LogP contribution is 2.32. The number of ether oxygens (including phenoxy) is 10. The molecule has 0 radical (unpaired) electrons. The van der Waals surface area contributed by atoms with Crippen molar-refractivity contribution in [3.8, 4) is 0 Å². The van der Waals surface area contributed by atoms with E-state index in [0.29, 0.717) is 0 Å². The van der Waals surface area contributed by atoms with Crippen molar-refractivity contribution in [1.82, 2.24) is 0 Å². The number of aliphatic hydroxyl groups excluding tert-OH is 11. The second kappa shape index (κ2) is 22.8. The van der Waals surface area contributed by atoms with Gasteiger partial charge in [0.1, 0.15) is 97.7 Å². The number of aliphatic hydroxyl groups is 11. The smallest absolute Gasteiger partial charge is 0.335 e. The maximum Gasteiger partial charge on any atom is 0.335 e. The first-order valence-electron chi connectivity index (χ1n) is 19.4. The van der Waals surface area contributed by atoms with Crippen molar-refractivity contribution >= 4 is 5.97 Å². The van der Waals surface area contributed by atoms with Crippen molar-refractivity contribution in [2.24, 2.45) is 0 Å². The molecule has 5 rings (SSSR count). The summed E-state index contributed by atoms with van der Waals surface area (Å²) < 4.78 is 53.2. The summed E-state index contributed by atoms with van der Waals surface area (Å²) in [6.07, 6.45) is -25.1. The Kier molecular flexibility index (Phi) is 20.1. The number of carboxylic acid groups (broad SMARTS) is 1. The molecule has 22 unspecified atom stereocenters. The molecular weight excluding hydrogens is 800 g/mol. The van der Waals surface area contributed by atoms with Crippen LogP contribution in [0.1, 0.15) is 41.5 Å². The van der Waals surface area contributed by atoms with E-state index in [2.05, 4.69) is 0 Å². The Balaban J connectivity index is 0.000000247. The van der Waals surface area contributed by atoms with Crippen LogP contribution < -0.4 is 0 Å².